The molecule has 0 radical (unpaired) electrons. The molecule has 3 aromatic rings. The summed E-state index contributed by atoms with van der Waals surface area (Å²) in [6.45, 7) is 0.976. The zero-order valence-corrected chi connectivity index (χ0v) is 14.8. The average molecular weight is 362 g/mol. The van der Waals surface area contributed by atoms with Crippen LogP contribution < -0.4 is 0 Å². The maximum atomic E-state index is 13.1. The quantitative estimate of drug-likeness (QED) is 0.659. The Kier molecular flexibility index (Phi) is 4.67. The van der Waals surface area contributed by atoms with E-state index in [4.69, 9.17) is 0 Å². The molecule has 0 spiro atoms. The van der Waals surface area contributed by atoms with Crippen molar-refractivity contribution in [1.29, 1.82) is 0 Å². The van der Waals surface area contributed by atoms with Crippen molar-refractivity contribution in [3.63, 3.8) is 0 Å². The number of pyridine rings is 1. The molecule has 1 saturated heterocycles. The minimum absolute atomic E-state index is 0.0426. The van der Waals surface area contributed by atoms with E-state index in [1.165, 1.54) is 24.3 Å². The highest BCUT2D eigenvalue weighted by molar-refractivity contribution is 5.99. The van der Waals surface area contributed by atoms with E-state index in [2.05, 4.69) is 4.98 Å². The fraction of sp³-hybridized carbons (Fsp3) is 0.227. The molecule has 0 N–H and O–H groups in total. The van der Waals surface area contributed by atoms with E-state index in [0.717, 1.165) is 23.7 Å². The van der Waals surface area contributed by atoms with Crippen molar-refractivity contribution in [3.05, 3.63) is 77.7 Å². The topological polar surface area (TPSA) is 50.3 Å². The third kappa shape index (κ3) is 3.58. The highest BCUT2D eigenvalue weighted by Gasteiger charge is 2.30. The lowest BCUT2D eigenvalue weighted by Gasteiger charge is -2.32. The molecule has 1 aromatic heterocycles. The van der Waals surface area contributed by atoms with Gasteiger partial charge in [-0.15, -0.1) is 0 Å². The summed E-state index contributed by atoms with van der Waals surface area (Å²) < 4.78 is 13.1. The Hall–Kier alpha value is -3.08. The largest absolute Gasteiger partial charge is 0.337 e. The minimum Gasteiger partial charge on any atom is -0.337 e. The Bertz CT molecular complexity index is 1000. The first-order valence-corrected chi connectivity index (χ1v) is 9.07. The Morgan fingerprint density at radius 1 is 1.00 bits per heavy atom. The summed E-state index contributed by atoms with van der Waals surface area (Å²) >= 11 is 0. The van der Waals surface area contributed by atoms with Gasteiger partial charge >= 0.3 is 0 Å². The molecule has 2 aromatic carbocycles. The van der Waals surface area contributed by atoms with Crippen molar-refractivity contribution in [2.75, 3.05) is 13.1 Å². The van der Waals surface area contributed by atoms with Crippen molar-refractivity contribution in [2.24, 2.45) is 5.92 Å². The van der Waals surface area contributed by atoms with Gasteiger partial charge in [0.25, 0.3) is 5.91 Å². The molecule has 1 aliphatic rings. The zero-order valence-electron chi connectivity index (χ0n) is 14.8. The third-order valence-electron chi connectivity index (χ3n) is 5.03. The molecule has 1 fully saturated rings. The lowest BCUT2D eigenvalue weighted by Crippen LogP contribution is -2.42. The lowest BCUT2D eigenvalue weighted by molar-refractivity contribution is 0.0632. The molecular formula is C22H19FN2O2. The van der Waals surface area contributed by atoms with E-state index in [1.54, 1.807) is 11.0 Å². The molecule has 1 atom stereocenters. The van der Waals surface area contributed by atoms with Gasteiger partial charge in [0.2, 0.25) is 0 Å². The van der Waals surface area contributed by atoms with Crippen LogP contribution >= 0.6 is 0 Å². The number of likely N-dealkylation sites (tertiary alicyclic amines) is 1. The Balaban J connectivity index is 1.52. The van der Waals surface area contributed by atoms with E-state index in [0.29, 0.717) is 24.3 Å². The van der Waals surface area contributed by atoms with Gasteiger partial charge in [-0.1, -0.05) is 24.3 Å². The molecule has 1 aliphatic heterocycles. The molecular weight excluding hydrogens is 343 g/mol. The fourth-order valence-corrected chi connectivity index (χ4v) is 3.57. The predicted molar refractivity (Wildman–Crippen MR) is 101 cm³/mol. The number of hydrogen-bond donors (Lipinski definition) is 0. The number of para-hydroxylation sites is 1. The smallest absolute Gasteiger partial charge is 0.272 e. The maximum absolute atomic E-state index is 13.1. The number of fused-ring (bicyclic) bond motifs is 1. The molecule has 5 heteroatoms. The van der Waals surface area contributed by atoms with Gasteiger partial charge in [-0.3, -0.25) is 9.59 Å². The number of rotatable bonds is 3. The van der Waals surface area contributed by atoms with Gasteiger partial charge in [-0.2, -0.15) is 0 Å². The van der Waals surface area contributed by atoms with E-state index in [9.17, 15) is 14.0 Å². The molecule has 4 rings (SSSR count). The highest BCUT2D eigenvalue weighted by atomic mass is 19.1. The number of ketones is 1. The number of halogens is 1. The Morgan fingerprint density at radius 2 is 1.78 bits per heavy atom. The number of amides is 1. The second kappa shape index (κ2) is 7.27. The van der Waals surface area contributed by atoms with Crippen LogP contribution in [0.2, 0.25) is 0 Å². The summed E-state index contributed by atoms with van der Waals surface area (Å²) in [7, 11) is 0. The summed E-state index contributed by atoms with van der Waals surface area (Å²) in [5, 5.41) is 0.983. The van der Waals surface area contributed by atoms with Crippen LogP contribution in [0.4, 0.5) is 4.39 Å². The Labute approximate surface area is 156 Å². The van der Waals surface area contributed by atoms with Gasteiger partial charge < -0.3 is 4.90 Å². The number of aromatic nitrogens is 1. The fourth-order valence-electron chi connectivity index (χ4n) is 3.57. The van der Waals surface area contributed by atoms with Crippen molar-refractivity contribution in [3.8, 4) is 0 Å². The van der Waals surface area contributed by atoms with Crippen molar-refractivity contribution in [1.82, 2.24) is 9.88 Å². The first-order valence-electron chi connectivity index (χ1n) is 9.07. The second-order valence-electron chi connectivity index (χ2n) is 6.85. The van der Waals surface area contributed by atoms with Crippen LogP contribution in [0.5, 0.6) is 0 Å². The van der Waals surface area contributed by atoms with Crippen molar-refractivity contribution in [2.45, 2.75) is 12.8 Å². The summed E-state index contributed by atoms with van der Waals surface area (Å²) in [5.74, 6) is -0.834. The number of nitrogens with zero attached hydrogens (tertiary/aromatic N) is 2. The van der Waals surface area contributed by atoms with E-state index in [1.807, 2.05) is 30.3 Å². The van der Waals surface area contributed by atoms with Gasteiger partial charge in [-0.05, 0) is 49.2 Å². The summed E-state index contributed by atoms with van der Waals surface area (Å²) in [5.41, 5.74) is 1.66. The average Bonchev–Trinajstić information content (AvgIpc) is 2.73. The third-order valence-corrected chi connectivity index (χ3v) is 5.03. The zero-order chi connectivity index (χ0) is 18.8. The van der Waals surface area contributed by atoms with Gasteiger partial charge in [0.05, 0.1) is 5.52 Å². The number of piperidine rings is 1. The van der Waals surface area contributed by atoms with Crippen molar-refractivity contribution < 1.29 is 14.0 Å². The number of carbonyl (C=O) groups excluding carboxylic acids is 2. The van der Waals surface area contributed by atoms with Crippen LogP contribution in [0.1, 0.15) is 33.7 Å². The van der Waals surface area contributed by atoms with E-state index >= 15 is 0 Å². The van der Waals surface area contributed by atoms with E-state index in [-0.39, 0.29) is 23.4 Å². The first kappa shape index (κ1) is 17.3. The van der Waals surface area contributed by atoms with Crippen LogP contribution in [0.3, 0.4) is 0 Å². The molecule has 1 amide bonds. The SMILES string of the molecule is O=C(c1ccc(F)cc1)C1CCCN(C(=O)c2ccc3ccccc3n2)C1. The number of hydrogen-bond acceptors (Lipinski definition) is 3. The second-order valence-corrected chi connectivity index (χ2v) is 6.85. The van der Waals surface area contributed by atoms with Gasteiger partial charge in [0, 0.05) is 30.0 Å². The molecule has 0 saturated carbocycles. The molecule has 27 heavy (non-hydrogen) atoms. The summed E-state index contributed by atoms with van der Waals surface area (Å²) in [4.78, 5) is 31.8. The highest BCUT2D eigenvalue weighted by Crippen LogP contribution is 2.23. The molecule has 4 nitrogen and oxygen atoms in total. The summed E-state index contributed by atoms with van der Waals surface area (Å²) in [6.07, 6.45) is 1.49. The number of carbonyl (C=O) groups is 2. The molecule has 0 aliphatic carbocycles. The van der Waals surface area contributed by atoms with Crippen LogP contribution in [0.25, 0.3) is 10.9 Å². The Morgan fingerprint density at radius 3 is 2.59 bits per heavy atom. The standard InChI is InChI=1S/C22H19FN2O2/c23-18-10-7-16(8-11-18)21(26)17-5-3-13-25(14-17)22(27)20-12-9-15-4-1-2-6-19(15)24-20/h1-2,4,6-12,17H,3,5,13-14H2. The van der Waals surface area contributed by atoms with Crippen molar-refractivity contribution >= 4 is 22.6 Å². The van der Waals surface area contributed by atoms with Crippen LogP contribution in [-0.2, 0) is 0 Å². The molecule has 136 valence electrons. The van der Waals surface area contributed by atoms with Gasteiger partial charge in [0.1, 0.15) is 11.5 Å². The minimum atomic E-state index is -0.366. The van der Waals surface area contributed by atoms with Gasteiger partial charge in [-0.25, -0.2) is 9.37 Å². The lowest BCUT2D eigenvalue weighted by atomic mass is 9.90. The van der Waals surface area contributed by atoms with Crippen LogP contribution in [-0.4, -0.2) is 34.7 Å². The normalized spacial score (nSPS) is 17.1. The van der Waals surface area contributed by atoms with E-state index < -0.39 is 0 Å². The number of benzene rings is 2. The maximum Gasteiger partial charge on any atom is 0.272 e. The van der Waals surface area contributed by atoms with Crippen LogP contribution in [0.15, 0.2) is 60.7 Å². The molecule has 1 unspecified atom stereocenters. The molecule has 2 heterocycles. The monoisotopic (exact) mass is 362 g/mol. The molecule has 0 bridgehead atoms. The predicted octanol–water partition coefficient (Wildman–Crippen LogP) is 4.11. The first-order chi connectivity index (χ1) is 13.1. The number of Topliss-reactive ketones (excluding diaryl/α,β-unsaturated/α-hetero) is 1. The van der Waals surface area contributed by atoms with Crippen LogP contribution in [0, 0.1) is 11.7 Å². The van der Waals surface area contributed by atoms with Gasteiger partial charge in [0.15, 0.2) is 5.78 Å². The summed E-state index contributed by atoms with van der Waals surface area (Å²) in [6, 6.07) is 16.9.